The quantitative estimate of drug-likeness (QED) is 0.554. The summed E-state index contributed by atoms with van der Waals surface area (Å²) in [7, 11) is 0. The van der Waals surface area contributed by atoms with Gasteiger partial charge in [0, 0.05) is 11.6 Å². The molecule has 0 aliphatic carbocycles. The maximum atomic E-state index is 13.6. The van der Waals surface area contributed by atoms with Crippen LogP contribution in [0.4, 0.5) is 10.1 Å². The lowest BCUT2D eigenvalue weighted by Gasteiger charge is -2.15. The number of nitro benzene ring substituents is 1. The highest BCUT2D eigenvalue weighted by Gasteiger charge is 2.28. The van der Waals surface area contributed by atoms with Crippen LogP contribution in [0.1, 0.15) is 19.4 Å². The van der Waals surface area contributed by atoms with Crippen molar-refractivity contribution in [1.82, 2.24) is 0 Å². The fourth-order valence-corrected chi connectivity index (χ4v) is 1.20. The Bertz CT molecular complexity index is 449. The van der Waals surface area contributed by atoms with E-state index in [0.717, 1.165) is 6.07 Å². The van der Waals surface area contributed by atoms with E-state index in [1.54, 1.807) is 0 Å². The molecule has 0 radical (unpaired) electrons. The van der Waals surface area contributed by atoms with Crippen molar-refractivity contribution < 1.29 is 9.31 Å². The molecule has 1 aromatic carbocycles. The summed E-state index contributed by atoms with van der Waals surface area (Å²) in [6.07, 6.45) is 0. The fraction of sp³-hybridized carbons (Fsp3) is 0.300. The molecule has 0 atom stereocenters. The lowest BCUT2D eigenvalue weighted by Crippen LogP contribution is -2.16. The van der Waals surface area contributed by atoms with Gasteiger partial charge in [0.25, 0.3) is 0 Å². The van der Waals surface area contributed by atoms with Crippen LogP contribution in [-0.2, 0) is 5.41 Å². The molecule has 4 nitrogen and oxygen atoms in total. The van der Waals surface area contributed by atoms with Crippen LogP contribution >= 0.6 is 0 Å². The Hall–Kier alpha value is -1.96. The van der Waals surface area contributed by atoms with Crippen molar-refractivity contribution in [3.8, 4) is 6.07 Å². The summed E-state index contributed by atoms with van der Waals surface area (Å²) in [6, 6.07) is 5.73. The van der Waals surface area contributed by atoms with Crippen LogP contribution in [0, 0.1) is 27.3 Å². The largest absolute Gasteiger partial charge is 0.305 e. The van der Waals surface area contributed by atoms with Gasteiger partial charge < -0.3 is 0 Å². The zero-order valence-electron chi connectivity index (χ0n) is 8.32. The van der Waals surface area contributed by atoms with Gasteiger partial charge in [-0.25, -0.2) is 0 Å². The third-order valence-corrected chi connectivity index (χ3v) is 2.13. The maximum absolute atomic E-state index is 13.6. The molecule has 1 rings (SSSR count). The van der Waals surface area contributed by atoms with Crippen LogP contribution < -0.4 is 0 Å². The van der Waals surface area contributed by atoms with Gasteiger partial charge in [-0.15, -0.1) is 0 Å². The third kappa shape index (κ3) is 1.94. The second kappa shape index (κ2) is 3.65. The minimum absolute atomic E-state index is 0.0409. The maximum Gasteiger partial charge on any atom is 0.305 e. The SMILES string of the molecule is CC(C)(C#N)c1cccc([N+](=O)[O-])c1F. The number of hydrogen-bond donors (Lipinski definition) is 0. The number of rotatable bonds is 2. The molecule has 0 aliphatic rings. The predicted octanol–water partition coefficient (Wildman–Crippen LogP) is 2.54. The average molecular weight is 208 g/mol. The molecule has 0 aromatic heterocycles. The molecule has 0 unspecified atom stereocenters. The van der Waals surface area contributed by atoms with Crippen molar-refractivity contribution in [2.45, 2.75) is 19.3 Å². The first-order valence-corrected chi connectivity index (χ1v) is 4.25. The second-order valence-corrected chi connectivity index (χ2v) is 3.63. The summed E-state index contributed by atoms with van der Waals surface area (Å²) < 4.78 is 13.6. The summed E-state index contributed by atoms with van der Waals surface area (Å²) in [5.74, 6) is -0.936. The molecular formula is C10H9FN2O2. The van der Waals surface area contributed by atoms with E-state index in [-0.39, 0.29) is 5.56 Å². The molecule has 0 bridgehead atoms. The van der Waals surface area contributed by atoms with Crippen molar-refractivity contribution in [3.63, 3.8) is 0 Å². The summed E-state index contributed by atoms with van der Waals surface area (Å²) in [5.41, 5.74) is -1.63. The second-order valence-electron chi connectivity index (χ2n) is 3.63. The Morgan fingerprint density at radius 1 is 1.53 bits per heavy atom. The lowest BCUT2D eigenvalue weighted by molar-refractivity contribution is -0.387. The highest BCUT2D eigenvalue weighted by molar-refractivity contribution is 5.42. The van der Waals surface area contributed by atoms with Gasteiger partial charge in [-0.1, -0.05) is 12.1 Å². The molecule has 15 heavy (non-hydrogen) atoms. The highest BCUT2D eigenvalue weighted by Crippen LogP contribution is 2.29. The molecule has 0 saturated carbocycles. The van der Waals surface area contributed by atoms with Crippen molar-refractivity contribution in [2.24, 2.45) is 0 Å². The van der Waals surface area contributed by atoms with Crippen LogP contribution in [-0.4, -0.2) is 4.92 Å². The Balaban J connectivity index is 3.42. The van der Waals surface area contributed by atoms with E-state index < -0.39 is 21.8 Å². The van der Waals surface area contributed by atoms with E-state index in [4.69, 9.17) is 5.26 Å². The Kier molecular flexibility index (Phi) is 2.71. The highest BCUT2D eigenvalue weighted by atomic mass is 19.1. The van der Waals surface area contributed by atoms with Crippen molar-refractivity contribution >= 4 is 5.69 Å². The van der Waals surface area contributed by atoms with Crippen molar-refractivity contribution in [2.75, 3.05) is 0 Å². The molecule has 5 heteroatoms. The Morgan fingerprint density at radius 3 is 2.60 bits per heavy atom. The summed E-state index contributed by atoms with van der Waals surface area (Å²) in [4.78, 5) is 9.67. The summed E-state index contributed by atoms with van der Waals surface area (Å²) >= 11 is 0. The van der Waals surface area contributed by atoms with E-state index >= 15 is 0 Å². The Labute approximate surface area is 86.1 Å². The van der Waals surface area contributed by atoms with Gasteiger partial charge >= 0.3 is 5.69 Å². The van der Waals surface area contributed by atoms with E-state index in [9.17, 15) is 14.5 Å². The summed E-state index contributed by atoms with van der Waals surface area (Å²) in [5, 5.41) is 19.3. The Morgan fingerprint density at radius 2 is 2.13 bits per heavy atom. The van der Waals surface area contributed by atoms with Gasteiger partial charge in [-0.2, -0.15) is 9.65 Å². The first-order chi connectivity index (χ1) is 6.90. The molecule has 0 spiro atoms. The molecular weight excluding hydrogens is 199 g/mol. The normalized spacial score (nSPS) is 10.8. The molecule has 78 valence electrons. The van der Waals surface area contributed by atoms with Gasteiger partial charge in [-0.05, 0) is 13.8 Å². The molecule has 0 N–H and O–H groups in total. The van der Waals surface area contributed by atoms with Crippen molar-refractivity contribution in [3.05, 3.63) is 39.7 Å². The van der Waals surface area contributed by atoms with Crippen LogP contribution in [0.25, 0.3) is 0 Å². The fourth-order valence-electron chi connectivity index (χ4n) is 1.20. The first kappa shape index (κ1) is 11.1. The summed E-state index contributed by atoms with van der Waals surface area (Å²) in [6.45, 7) is 3.02. The number of hydrogen-bond acceptors (Lipinski definition) is 3. The zero-order chi connectivity index (χ0) is 11.6. The van der Waals surface area contributed by atoms with Gasteiger partial charge in [-0.3, -0.25) is 10.1 Å². The average Bonchev–Trinajstić information content (AvgIpc) is 2.17. The van der Waals surface area contributed by atoms with E-state index in [1.807, 2.05) is 6.07 Å². The van der Waals surface area contributed by atoms with Gasteiger partial charge in [0.1, 0.15) is 0 Å². The minimum atomic E-state index is -1.07. The molecule has 0 saturated heterocycles. The molecule has 0 amide bonds. The topological polar surface area (TPSA) is 66.9 Å². The van der Waals surface area contributed by atoms with E-state index in [0.29, 0.717) is 0 Å². The van der Waals surface area contributed by atoms with Gasteiger partial charge in [0.2, 0.25) is 5.82 Å². The number of benzene rings is 1. The standard InChI is InChI=1S/C10H9FN2O2/c1-10(2,6-12)7-4-3-5-8(9(7)11)13(14)15/h3-5H,1-2H3. The molecule has 1 aromatic rings. The van der Waals surface area contributed by atoms with Gasteiger partial charge in [0.05, 0.1) is 16.4 Å². The van der Waals surface area contributed by atoms with E-state index in [1.165, 1.54) is 26.0 Å². The van der Waals surface area contributed by atoms with Crippen molar-refractivity contribution in [1.29, 1.82) is 5.26 Å². The minimum Gasteiger partial charge on any atom is -0.258 e. The number of nitro groups is 1. The monoisotopic (exact) mass is 208 g/mol. The van der Waals surface area contributed by atoms with Crippen LogP contribution in [0.5, 0.6) is 0 Å². The predicted molar refractivity (Wildman–Crippen MR) is 51.7 cm³/mol. The number of halogens is 1. The van der Waals surface area contributed by atoms with Crippen LogP contribution in [0.15, 0.2) is 18.2 Å². The molecule has 0 aliphatic heterocycles. The third-order valence-electron chi connectivity index (χ3n) is 2.13. The zero-order valence-corrected chi connectivity index (χ0v) is 8.32. The molecule has 0 heterocycles. The van der Waals surface area contributed by atoms with Gasteiger partial charge in [0.15, 0.2) is 0 Å². The van der Waals surface area contributed by atoms with Crippen LogP contribution in [0.2, 0.25) is 0 Å². The van der Waals surface area contributed by atoms with E-state index in [2.05, 4.69) is 0 Å². The number of nitrogens with zero attached hydrogens (tertiary/aromatic N) is 2. The lowest BCUT2D eigenvalue weighted by atomic mass is 9.86. The smallest absolute Gasteiger partial charge is 0.258 e. The van der Waals surface area contributed by atoms with Crippen LogP contribution in [0.3, 0.4) is 0 Å². The number of nitriles is 1. The first-order valence-electron chi connectivity index (χ1n) is 4.25. The molecule has 0 fully saturated rings.